The molecule has 0 saturated carbocycles. The monoisotopic (exact) mass is 417 g/mol. The fourth-order valence-electron chi connectivity index (χ4n) is 2.37. The van der Waals surface area contributed by atoms with Crippen LogP contribution < -0.4 is 5.32 Å². The molecule has 3 rings (SSSR count). The number of nitrogens with one attached hydrogen (secondary N) is 1. The van der Waals surface area contributed by atoms with Gasteiger partial charge in [-0.05, 0) is 43.3 Å². The van der Waals surface area contributed by atoms with E-state index >= 15 is 0 Å². The third kappa shape index (κ3) is 5.86. The van der Waals surface area contributed by atoms with Crippen molar-refractivity contribution in [2.24, 2.45) is 0 Å². The van der Waals surface area contributed by atoms with Gasteiger partial charge in [0.05, 0.1) is 17.6 Å². The summed E-state index contributed by atoms with van der Waals surface area (Å²) < 4.78 is 23.7. The van der Waals surface area contributed by atoms with Gasteiger partial charge in [-0.3, -0.25) is 9.59 Å². The Morgan fingerprint density at radius 3 is 2.62 bits per heavy atom. The van der Waals surface area contributed by atoms with E-state index in [0.717, 1.165) is 0 Å². The van der Waals surface area contributed by atoms with Crippen LogP contribution in [0.15, 0.2) is 53.2 Å². The minimum absolute atomic E-state index is 0.0137. The summed E-state index contributed by atoms with van der Waals surface area (Å²) >= 11 is 5.74. The van der Waals surface area contributed by atoms with Gasteiger partial charge < -0.3 is 14.5 Å². The number of hydrogen-bond donors (Lipinski definition) is 1. The van der Waals surface area contributed by atoms with Gasteiger partial charge in [-0.2, -0.15) is 0 Å². The highest BCUT2D eigenvalue weighted by molar-refractivity contribution is 6.30. The number of anilines is 1. The third-order valence-electron chi connectivity index (χ3n) is 3.88. The molecule has 1 unspecified atom stereocenters. The lowest BCUT2D eigenvalue weighted by Gasteiger charge is -2.12. The van der Waals surface area contributed by atoms with Crippen LogP contribution in [0.4, 0.5) is 10.2 Å². The fraction of sp³-hybridized carbons (Fsp3) is 0.200. The van der Waals surface area contributed by atoms with E-state index in [2.05, 4.69) is 15.3 Å². The number of carbonyl (C=O) groups excluding carboxylic acids is 2. The number of esters is 1. The number of aromatic nitrogens is 2. The Hall–Kier alpha value is -3.26. The van der Waals surface area contributed by atoms with Crippen molar-refractivity contribution in [3.63, 3.8) is 0 Å². The Balaban J connectivity index is 1.47. The maximum absolute atomic E-state index is 13.0. The third-order valence-corrected chi connectivity index (χ3v) is 4.10. The molecule has 0 spiro atoms. The summed E-state index contributed by atoms with van der Waals surface area (Å²) in [6, 6.07) is 8.91. The van der Waals surface area contributed by atoms with E-state index in [9.17, 15) is 14.0 Å². The van der Waals surface area contributed by atoms with E-state index in [0.29, 0.717) is 28.1 Å². The van der Waals surface area contributed by atoms with E-state index < -0.39 is 18.0 Å². The summed E-state index contributed by atoms with van der Waals surface area (Å²) in [7, 11) is 0. The Bertz CT molecular complexity index is 990. The van der Waals surface area contributed by atoms with Crippen molar-refractivity contribution < 1.29 is 23.1 Å². The second-order valence-electron chi connectivity index (χ2n) is 6.11. The zero-order valence-corrected chi connectivity index (χ0v) is 16.1. The number of rotatable bonds is 7. The topological polar surface area (TPSA) is 94.3 Å². The first-order valence-corrected chi connectivity index (χ1v) is 9.11. The average Bonchev–Trinajstić information content (AvgIpc) is 3.17. The minimum Gasteiger partial charge on any atom is -0.453 e. The predicted octanol–water partition coefficient (Wildman–Crippen LogP) is 4.03. The zero-order chi connectivity index (χ0) is 20.8. The summed E-state index contributed by atoms with van der Waals surface area (Å²) in [5.41, 5.74) is 0.675. The van der Waals surface area contributed by atoms with Crippen LogP contribution in [0.25, 0.3) is 11.3 Å². The van der Waals surface area contributed by atoms with E-state index in [1.54, 1.807) is 18.2 Å². The number of aryl methyl sites for hydroxylation is 1. The first kappa shape index (κ1) is 20.5. The molecule has 1 atom stereocenters. The van der Waals surface area contributed by atoms with Gasteiger partial charge in [-0.15, -0.1) is 0 Å². The first-order chi connectivity index (χ1) is 13.9. The molecular weight excluding hydrogens is 401 g/mol. The lowest BCUT2D eigenvalue weighted by atomic mass is 10.2. The summed E-state index contributed by atoms with van der Waals surface area (Å²) in [5, 5.41) is 2.97. The number of pyridine rings is 1. The molecule has 0 fully saturated rings. The maximum Gasteiger partial charge on any atom is 0.307 e. The molecule has 0 radical (unpaired) electrons. The zero-order valence-electron chi connectivity index (χ0n) is 15.4. The highest BCUT2D eigenvalue weighted by Gasteiger charge is 2.19. The van der Waals surface area contributed by atoms with Gasteiger partial charge >= 0.3 is 5.97 Å². The Morgan fingerprint density at radius 2 is 1.93 bits per heavy atom. The summed E-state index contributed by atoms with van der Waals surface area (Å²) in [6.07, 6.45) is 2.08. The van der Waals surface area contributed by atoms with Crippen molar-refractivity contribution >= 4 is 29.3 Å². The molecule has 2 aromatic heterocycles. The SMILES string of the molecule is CC(OC(=O)CCc1ncc(-c2ccc(F)cc2)o1)C(=O)Nc1ccc(Cl)cn1. The Labute approximate surface area is 170 Å². The normalized spacial score (nSPS) is 11.7. The van der Waals surface area contributed by atoms with Crippen LogP contribution in [0.1, 0.15) is 19.2 Å². The van der Waals surface area contributed by atoms with E-state index in [-0.39, 0.29) is 18.7 Å². The van der Waals surface area contributed by atoms with Crippen LogP contribution in [0.5, 0.6) is 0 Å². The number of oxazole rings is 1. The molecule has 0 aliphatic carbocycles. The first-order valence-electron chi connectivity index (χ1n) is 8.73. The van der Waals surface area contributed by atoms with Crippen LogP contribution >= 0.6 is 11.6 Å². The minimum atomic E-state index is -1.00. The van der Waals surface area contributed by atoms with Gasteiger partial charge in [-0.25, -0.2) is 14.4 Å². The van der Waals surface area contributed by atoms with Crippen LogP contribution in [0.2, 0.25) is 5.02 Å². The smallest absolute Gasteiger partial charge is 0.307 e. The van der Waals surface area contributed by atoms with Gasteiger partial charge in [0.2, 0.25) is 0 Å². The quantitative estimate of drug-likeness (QED) is 0.583. The summed E-state index contributed by atoms with van der Waals surface area (Å²) in [6.45, 7) is 1.46. The number of benzene rings is 1. The van der Waals surface area contributed by atoms with Gasteiger partial charge in [0.25, 0.3) is 5.91 Å². The summed E-state index contributed by atoms with van der Waals surface area (Å²) in [4.78, 5) is 32.1. The molecule has 150 valence electrons. The van der Waals surface area contributed by atoms with Gasteiger partial charge in [0.15, 0.2) is 17.8 Å². The number of ether oxygens (including phenoxy) is 1. The van der Waals surface area contributed by atoms with E-state index in [1.807, 2.05) is 0 Å². The van der Waals surface area contributed by atoms with Gasteiger partial charge in [0, 0.05) is 18.2 Å². The van der Waals surface area contributed by atoms with Crippen LogP contribution in [-0.2, 0) is 20.7 Å². The lowest BCUT2D eigenvalue weighted by molar-refractivity contribution is -0.153. The number of carbonyl (C=O) groups is 2. The average molecular weight is 418 g/mol. The molecule has 0 aliphatic heterocycles. The van der Waals surface area contributed by atoms with Crippen molar-refractivity contribution in [3.8, 4) is 11.3 Å². The number of hydrogen-bond acceptors (Lipinski definition) is 6. The molecule has 0 bridgehead atoms. The molecule has 0 aliphatic rings. The second-order valence-corrected chi connectivity index (χ2v) is 6.54. The van der Waals surface area contributed by atoms with Gasteiger partial charge in [0.1, 0.15) is 11.6 Å². The molecule has 7 nitrogen and oxygen atoms in total. The molecule has 1 aromatic carbocycles. The van der Waals surface area contributed by atoms with Crippen molar-refractivity contribution in [2.45, 2.75) is 25.9 Å². The predicted molar refractivity (Wildman–Crippen MR) is 104 cm³/mol. The molecule has 9 heteroatoms. The Morgan fingerprint density at radius 1 is 1.17 bits per heavy atom. The maximum atomic E-state index is 13.0. The van der Waals surface area contributed by atoms with Crippen molar-refractivity contribution in [1.82, 2.24) is 9.97 Å². The number of amides is 1. The van der Waals surface area contributed by atoms with Crippen molar-refractivity contribution in [2.75, 3.05) is 5.32 Å². The number of nitrogens with zero attached hydrogens (tertiary/aromatic N) is 2. The molecule has 1 amide bonds. The molecule has 0 saturated heterocycles. The standard InChI is InChI=1S/C20H17ClFN3O4/c1-12(20(27)25-17-7-4-14(21)10-23-17)28-19(26)9-8-18-24-11-16(29-18)13-2-5-15(22)6-3-13/h2-7,10-12H,8-9H2,1H3,(H,23,25,27). The van der Waals surface area contributed by atoms with Gasteiger partial charge in [-0.1, -0.05) is 11.6 Å². The number of halogens is 2. The molecule has 29 heavy (non-hydrogen) atoms. The van der Waals surface area contributed by atoms with E-state index in [4.69, 9.17) is 20.8 Å². The molecule has 3 aromatic rings. The fourth-order valence-corrected chi connectivity index (χ4v) is 2.48. The largest absolute Gasteiger partial charge is 0.453 e. The second kappa shape index (κ2) is 9.29. The highest BCUT2D eigenvalue weighted by Crippen LogP contribution is 2.21. The lowest BCUT2D eigenvalue weighted by Crippen LogP contribution is -2.30. The van der Waals surface area contributed by atoms with Crippen LogP contribution in [-0.4, -0.2) is 27.9 Å². The highest BCUT2D eigenvalue weighted by atomic mass is 35.5. The van der Waals surface area contributed by atoms with Crippen molar-refractivity contribution in [1.29, 1.82) is 0 Å². The van der Waals surface area contributed by atoms with Crippen LogP contribution in [0, 0.1) is 5.82 Å². The molecular formula is C20H17ClFN3O4. The Kier molecular flexibility index (Phi) is 6.56. The summed E-state index contributed by atoms with van der Waals surface area (Å²) in [5.74, 6) is -0.321. The van der Waals surface area contributed by atoms with Crippen LogP contribution in [0.3, 0.4) is 0 Å². The molecule has 1 N–H and O–H groups in total. The molecule has 2 heterocycles. The van der Waals surface area contributed by atoms with E-state index in [1.165, 1.54) is 37.5 Å². The van der Waals surface area contributed by atoms with Crippen molar-refractivity contribution in [3.05, 3.63) is 65.5 Å².